The molecule has 0 saturated heterocycles. The van der Waals surface area contributed by atoms with Crippen LogP contribution in [0.4, 0.5) is 5.69 Å². The highest BCUT2D eigenvalue weighted by atomic mass is 127. The second-order valence-corrected chi connectivity index (χ2v) is 5.70. The van der Waals surface area contributed by atoms with E-state index in [9.17, 15) is 9.59 Å². The zero-order valence-corrected chi connectivity index (χ0v) is 13.5. The van der Waals surface area contributed by atoms with E-state index >= 15 is 0 Å². The van der Waals surface area contributed by atoms with Crippen molar-refractivity contribution in [1.82, 2.24) is 9.55 Å². The van der Waals surface area contributed by atoms with E-state index in [2.05, 4.69) is 10.3 Å². The van der Waals surface area contributed by atoms with Crippen molar-refractivity contribution in [1.29, 1.82) is 0 Å². The first kappa shape index (κ1) is 15.0. The summed E-state index contributed by atoms with van der Waals surface area (Å²) in [6.45, 7) is 1.60. The topological polar surface area (TPSA) is 64.0 Å². The Morgan fingerprint density at radius 3 is 2.95 bits per heavy atom. The first-order chi connectivity index (χ1) is 9.47. The molecule has 0 aliphatic heterocycles. The first-order valence-electron chi connectivity index (χ1n) is 5.75. The number of hydrogen-bond acceptors (Lipinski definition) is 3. The second kappa shape index (κ2) is 6.36. The van der Waals surface area contributed by atoms with Crippen LogP contribution in [0.3, 0.4) is 0 Å². The van der Waals surface area contributed by atoms with Crippen LogP contribution in [0.15, 0.2) is 35.3 Å². The summed E-state index contributed by atoms with van der Waals surface area (Å²) in [6.07, 6.45) is 1.49. The van der Waals surface area contributed by atoms with Gasteiger partial charge in [-0.05, 0) is 47.7 Å². The van der Waals surface area contributed by atoms with Gasteiger partial charge in [-0.2, -0.15) is 0 Å². The molecule has 0 bridgehead atoms. The van der Waals surface area contributed by atoms with Gasteiger partial charge in [0.05, 0.1) is 3.57 Å². The minimum absolute atomic E-state index is 0.0823. The van der Waals surface area contributed by atoms with Gasteiger partial charge in [0.2, 0.25) is 5.91 Å². The lowest BCUT2D eigenvalue weighted by Gasteiger charge is -2.10. The third kappa shape index (κ3) is 3.57. The lowest BCUT2D eigenvalue weighted by molar-refractivity contribution is -0.116. The monoisotopic (exact) mass is 403 g/mol. The van der Waals surface area contributed by atoms with Crippen LogP contribution < -0.4 is 10.9 Å². The zero-order chi connectivity index (χ0) is 14.7. The molecular formula is C13H11ClIN3O2. The van der Waals surface area contributed by atoms with E-state index in [1.807, 2.05) is 22.6 Å². The van der Waals surface area contributed by atoms with Gasteiger partial charge in [-0.15, -0.1) is 0 Å². The largest absolute Gasteiger partial charge is 0.324 e. The summed E-state index contributed by atoms with van der Waals surface area (Å²) in [5.41, 5.74) is 0.367. The molecule has 1 aromatic heterocycles. The number of aryl methyl sites for hydroxylation is 1. The highest BCUT2D eigenvalue weighted by Gasteiger charge is 2.10. The van der Waals surface area contributed by atoms with Crippen LogP contribution in [0, 0.1) is 10.5 Å². The number of halogens is 2. The van der Waals surface area contributed by atoms with Crippen molar-refractivity contribution in [2.24, 2.45) is 0 Å². The fourth-order valence-electron chi connectivity index (χ4n) is 1.65. The van der Waals surface area contributed by atoms with E-state index < -0.39 is 0 Å². The number of anilines is 1. The summed E-state index contributed by atoms with van der Waals surface area (Å²) in [5, 5.41) is 3.23. The maximum atomic E-state index is 12.0. The van der Waals surface area contributed by atoms with Gasteiger partial charge in [-0.1, -0.05) is 17.7 Å². The Labute approximate surface area is 134 Å². The molecule has 7 heteroatoms. The van der Waals surface area contributed by atoms with Gasteiger partial charge in [0.15, 0.2) is 0 Å². The SMILES string of the molecule is Cc1ncc(I)c(=O)n1CC(=O)Nc1cccc(Cl)c1. The fraction of sp³-hybridized carbons (Fsp3) is 0.154. The molecule has 0 spiro atoms. The number of aromatic nitrogens is 2. The molecule has 2 aromatic rings. The molecule has 0 atom stereocenters. The average molecular weight is 404 g/mol. The quantitative estimate of drug-likeness (QED) is 0.801. The molecule has 2 rings (SSSR count). The number of benzene rings is 1. The van der Waals surface area contributed by atoms with Gasteiger partial charge in [-0.25, -0.2) is 4.98 Å². The summed E-state index contributed by atoms with van der Waals surface area (Å²) in [4.78, 5) is 28.0. The number of nitrogens with one attached hydrogen (secondary N) is 1. The van der Waals surface area contributed by atoms with Gasteiger partial charge in [-0.3, -0.25) is 14.2 Å². The predicted octanol–water partition coefficient (Wildman–Crippen LogP) is 2.45. The molecule has 5 nitrogen and oxygen atoms in total. The Morgan fingerprint density at radius 1 is 1.50 bits per heavy atom. The molecule has 0 unspecified atom stereocenters. The zero-order valence-electron chi connectivity index (χ0n) is 10.6. The number of hydrogen-bond donors (Lipinski definition) is 1. The Hall–Kier alpha value is -1.41. The van der Waals surface area contributed by atoms with E-state index in [4.69, 9.17) is 11.6 Å². The average Bonchev–Trinajstić information content (AvgIpc) is 2.39. The van der Waals surface area contributed by atoms with Gasteiger partial charge in [0.25, 0.3) is 5.56 Å². The molecule has 0 aliphatic rings. The van der Waals surface area contributed by atoms with Crippen LogP contribution in [0.25, 0.3) is 0 Å². The maximum absolute atomic E-state index is 12.0. The molecule has 0 fully saturated rings. The number of rotatable bonds is 3. The molecule has 0 aliphatic carbocycles. The van der Waals surface area contributed by atoms with Crippen LogP contribution in [0.1, 0.15) is 5.82 Å². The van der Waals surface area contributed by atoms with Crippen molar-refractivity contribution in [2.75, 3.05) is 5.32 Å². The second-order valence-electron chi connectivity index (χ2n) is 4.10. The van der Waals surface area contributed by atoms with Gasteiger partial charge in [0, 0.05) is 16.9 Å². The Bertz CT molecular complexity index is 715. The van der Waals surface area contributed by atoms with Crippen molar-refractivity contribution in [3.8, 4) is 0 Å². The lowest BCUT2D eigenvalue weighted by atomic mass is 10.3. The molecule has 0 saturated carbocycles. The van der Waals surface area contributed by atoms with E-state index in [0.29, 0.717) is 20.1 Å². The molecule has 1 N–H and O–H groups in total. The van der Waals surface area contributed by atoms with Crippen LogP contribution >= 0.6 is 34.2 Å². The van der Waals surface area contributed by atoms with Gasteiger partial charge in [0.1, 0.15) is 12.4 Å². The van der Waals surface area contributed by atoms with E-state index in [0.717, 1.165) is 0 Å². The number of nitrogens with zero attached hydrogens (tertiary/aromatic N) is 2. The Kier molecular flexibility index (Phi) is 4.77. The number of carbonyl (C=O) groups is 1. The van der Waals surface area contributed by atoms with Crippen LogP contribution in [0.5, 0.6) is 0 Å². The Balaban J connectivity index is 2.17. The molecule has 1 heterocycles. The minimum atomic E-state index is -0.304. The maximum Gasteiger partial charge on any atom is 0.267 e. The molecule has 1 aromatic carbocycles. The molecule has 0 radical (unpaired) electrons. The summed E-state index contributed by atoms with van der Waals surface area (Å²) >= 11 is 7.74. The fourth-order valence-corrected chi connectivity index (χ4v) is 2.27. The molecule has 20 heavy (non-hydrogen) atoms. The first-order valence-corrected chi connectivity index (χ1v) is 7.20. The van der Waals surface area contributed by atoms with Crippen molar-refractivity contribution in [3.05, 3.63) is 55.2 Å². The smallest absolute Gasteiger partial charge is 0.267 e. The van der Waals surface area contributed by atoms with Crippen molar-refractivity contribution < 1.29 is 4.79 Å². The van der Waals surface area contributed by atoms with Crippen molar-refractivity contribution in [2.45, 2.75) is 13.5 Å². The predicted molar refractivity (Wildman–Crippen MR) is 86.0 cm³/mol. The van der Waals surface area contributed by atoms with Crippen molar-refractivity contribution >= 4 is 45.8 Å². The van der Waals surface area contributed by atoms with Crippen molar-refractivity contribution in [3.63, 3.8) is 0 Å². The summed E-state index contributed by atoms with van der Waals surface area (Å²) in [5.74, 6) is 0.193. The molecule has 1 amide bonds. The summed E-state index contributed by atoms with van der Waals surface area (Å²) < 4.78 is 1.81. The molecule has 104 valence electrons. The standard InChI is InChI=1S/C13H11ClIN3O2/c1-8-16-6-11(15)13(20)18(8)7-12(19)17-10-4-2-3-9(14)5-10/h2-6H,7H2,1H3,(H,17,19). The number of amides is 1. The third-order valence-electron chi connectivity index (χ3n) is 2.61. The normalized spacial score (nSPS) is 10.3. The Morgan fingerprint density at radius 2 is 2.25 bits per heavy atom. The lowest BCUT2D eigenvalue weighted by Crippen LogP contribution is -2.31. The van der Waals surface area contributed by atoms with Gasteiger partial charge < -0.3 is 5.32 Å². The summed E-state index contributed by atoms with van der Waals surface area (Å²) in [7, 11) is 0. The van der Waals surface area contributed by atoms with Crippen LogP contribution in [-0.2, 0) is 11.3 Å². The minimum Gasteiger partial charge on any atom is -0.324 e. The summed E-state index contributed by atoms with van der Waals surface area (Å²) in [6, 6.07) is 6.83. The number of carbonyl (C=O) groups excluding carboxylic acids is 1. The van der Waals surface area contributed by atoms with E-state index in [-0.39, 0.29) is 18.0 Å². The van der Waals surface area contributed by atoms with Crippen LogP contribution in [0.2, 0.25) is 5.02 Å². The molecular weight excluding hydrogens is 393 g/mol. The highest BCUT2D eigenvalue weighted by Crippen LogP contribution is 2.14. The van der Waals surface area contributed by atoms with Gasteiger partial charge >= 0.3 is 0 Å². The highest BCUT2D eigenvalue weighted by molar-refractivity contribution is 14.1. The third-order valence-corrected chi connectivity index (χ3v) is 3.59. The van der Waals surface area contributed by atoms with E-state index in [1.165, 1.54) is 10.8 Å². The van der Waals surface area contributed by atoms with E-state index in [1.54, 1.807) is 31.2 Å². The van der Waals surface area contributed by atoms with Crippen LogP contribution in [-0.4, -0.2) is 15.5 Å².